The number of hydrogen-bond acceptors (Lipinski definition) is 2. The lowest BCUT2D eigenvalue weighted by Crippen LogP contribution is -1.97. The summed E-state index contributed by atoms with van der Waals surface area (Å²) in [6.07, 6.45) is 0. The highest BCUT2D eigenvalue weighted by molar-refractivity contribution is 8.00. The number of carboxylic acid groups (broad SMARTS) is 1. The summed E-state index contributed by atoms with van der Waals surface area (Å²) in [4.78, 5) is 10.9. The Morgan fingerprint density at radius 1 is 1.62 bits per heavy atom. The first-order chi connectivity index (χ1) is 6.83. The molecule has 2 nitrogen and oxygen atoms in total. The summed E-state index contributed by atoms with van der Waals surface area (Å²) < 4.78 is 14.4. The lowest BCUT2D eigenvalue weighted by molar-refractivity contribution is -0.133. The van der Waals surface area contributed by atoms with Crippen molar-refractivity contribution in [1.82, 2.24) is 0 Å². The average molecular weight is 239 g/mol. The van der Waals surface area contributed by atoms with Gasteiger partial charge in [0.25, 0.3) is 0 Å². The number of halogens is 2. The van der Waals surface area contributed by atoms with E-state index in [-0.39, 0.29) is 5.02 Å². The van der Waals surface area contributed by atoms with E-state index in [1.807, 2.05) is 0 Å². The van der Waals surface area contributed by atoms with E-state index < -0.39 is 11.7 Å². The van der Waals surface area contributed by atoms with Crippen LogP contribution in [0.2, 0.25) is 10.0 Å². The van der Waals surface area contributed by atoms with Crippen LogP contribution >= 0.6 is 35.0 Å². The van der Waals surface area contributed by atoms with E-state index in [1.165, 1.54) is 12.1 Å². The third-order valence-corrected chi connectivity index (χ3v) is 2.65. The highest BCUT2D eigenvalue weighted by Gasteiger charge is 2.04. The SMILES string of the molecule is [2H]C([2H])(Sc1cc(Cl)ccc1Cl)C(=O)O. The first kappa shape index (κ1) is 7.97. The molecule has 1 rings (SSSR count). The van der Waals surface area contributed by atoms with Crippen molar-refractivity contribution in [2.45, 2.75) is 4.90 Å². The van der Waals surface area contributed by atoms with Crippen LogP contribution in [0.15, 0.2) is 23.1 Å². The summed E-state index contributed by atoms with van der Waals surface area (Å²) in [5.74, 6) is -1.55. The highest BCUT2D eigenvalue weighted by atomic mass is 35.5. The minimum Gasteiger partial charge on any atom is -0.481 e. The minimum atomic E-state index is -2.42. The third kappa shape index (κ3) is 3.46. The van der Waals surface area contributed by atoms with Gasteiger partial charge in [-0.15, -0.1) is 11.8 Å². The molecule has 0 heterocycles. The molecule has 5 heteroatoms. The molecule has 0 amide bonds. The number of carboxylic acids is 1. The van der Waals surface area contributed by atoms with E-state index >= 15 is 0 Å². The fourth-order valence-electron chi connectivity index (χ4n) is 0.654. The Labute approximate surface area is 92.7 Å². The van der Waals surface area contributed by atoms with Crippen LogP contribution in [0, 0.1) is 0 Å². The zero-order valence-electron chi connectivity index (χ0n) is 8.25. The second kappa shape index (κ2) is 4.74. The van der Waals surface area contributed by atoms with Gasteiger partial charge < -0.3 is 5.11 Å². The number of thioether (sulfide) groups is 1. The predicted octanol–water partition coefficient (Wildman–Crippen LogP) is 3.17. The Bertz CT molecular complexity index is 398. The van der Waals surface area contributed by atoms with Crippen molar-refractivity contribution in [3.8, 4) is 0 Å². The fourth-order valence-corrected chi connectivity index (χ4v) is 1.67. The molecule has 0 unspecified atom stereocenters. The summed E-state index contributed by atoms with van der Waals surface area (Å²) in [5.41, 5.74) is -2.42. The molecule has 0 saturated carbocycles. The molecule has 70 valence electrons. The second-order valence-corrected chi connectivity index (χ2v) is 3.78. The van der Waals surface area contributed by atoms with Crippen molar-refractivity contribution in [3.05, 3.63) is 28.2 Å². The van der Waals surface area contributed by atoms with Crippen LogP contribution in [0.3, 0.4) is 0 Å². The monoisotopic (exact) mass is 238 g/mol. The number of carbonyl (C=O) groups is 1. The molecule has 0 aliphatic heterocycles. The van der Waals surface area contributed by atoms with Crippen LogP contribution in [0.1, 0.15) is 2.74 Å². The van der Waals surface area contributed by atoms with Crippen molar-refractivity contribution >= 4 is 40.9 Å². The first-order valence-corrected chi connectivity index (χ1v) is 4.77. The molecule has 0 bridgehead atoms. The van der Waals surface area contributed by atoms with Crippen LogP contribution in [-0.4, -0.2) is 16.8 Å². The molecule has 0 aliphatic rings. The van der Waals surface area contributed by atoms with Gasteiger partial charge in [0.1, 0.15) is 0 Å². The summed E-state index contributed by atoms with van der Waals surface area (Å²) in [6.45, 7) is 0. The number of hydrogen-bond donors (Lipinski definition) is 1. The molecule has 0 fully saturated rings. The van der Waals surface area contributed by atoms with Gasteiger partial charge in [0.2, 0.25) is 0 Å². The lowest BCUT2D eigenvalue weighted by atomic mass is 10.4. The van der Waals surface area contributed by atoms with Gasteiger partial charge in [-0.1, -0.05) is 23.2 Å². The van der Waals surface area contributed by atoms with Crippen LogP contribution in [0.5, 0.6) is 0 Å². The van der Waals surface area contributed by atoms with Crippen molar-refractivity contribution in [2.24, 2.45) is 0 Å². The fraction of sp³-hybridized carbons (Fsp3) is 0.125. The van der Waals surface area contributed by atoms with Crippen LogP contribution in [0.25, 0.3) is 0 Å². The maximum atomic E-state index is 10.5. The van der Waals surface area contributed by atoms with Crippen LogP contribution < -0.4 is 0 Å². The summed E-state index contributed by atoms with van der Waals surface area (Å²) in [7, 11) is 0. The summed E-state index contributed by atoms with van der Waals surface area (Å²) >= 11 is 12.0. The van der Waals surface area contributed by atoms with E-state index in [0.29, 0.717) is 21.7 Å². The zero-order valence-corrected chi connectivity index (χ0v) is 8.58. The van der Waals surface area contributed by atoms with Gasteiger partial charge in [0.05, 0.1) is 13.5 Å². The lowest BCUT2D eigenvalue weighted by Gasteiger charge is -2.01. The van der Waals surface area contributed by atoms with Gasteiger partial charge in [-0.25, -0.2) is 0 Å². The molecule has 0 atom stereocenters. The molecule has 0 spiro atoms. The Balaban J connectivity index is 2.99. The summed E-state index contributed by atoms with van der Waals surface area (Å²) in [5, 5.41) is 9.24. The van der Waals surface area contributed by atoms with E-state index in [9.17, 15) is 4.79 Å². The van der Waals surface area contributed by atoms with E-state index in [1.54, 1.807) is 6.07 Å². The highest BCUT2D eigenvalue weighted by Crippen LogP contribution is 2.29. The maximum Gasteiger partial charge on any atom is 0.313 e. The van der Waals surface area contributed by atoms with Gasteiger partial charge in [-0.2, -0.15) is 0 Å². The van der Waals surface area contributed by atoms with Crippen molar-refractivity contribution in [1.29, 1.82) is 0 Å². The van der Waals surface area contributed by atoms with Gasteiger partial charge in [0, 0.05) is 9.92 Å². The Morgan fingerprint density at radius 2 is 2.31 bits per heavy atom. The smallest absolute Gasteiger partial charge is 0.313 e. The van der Waals surface area contributed by atoms with Crippen molar-refractivity contribution in [3.63, 3.8) is 0 Å². The molecule has 0 saturated heterocycles. The number of benzene rings is 1. The van der Waals surface area contributed by atoms with Gasteiger partial charge in [-0.05, 0) is 18.2 Å². The van der Waals surface area contributed by atoms with Crippen LogP contribution in [0.4, 0.5) is 0 Å². The molecule has 0 radical (unpaired) electrons. The molecule has 1 aromatic rings. The standard InChI is InChI=1S/C8H6Cl2O2S/c9-5-1-2-6(10)7(3-5)13-4-8(11)12/h1-3H,4H2,(H,11,12)/i4D2. The predicted molar refractivity (Wildman–Crippen MR) is 54.8 cm³/mol. The number of rotatable bonds is 3. The summed E-state index contributed by atoms with van der Waals surface area (Å²) in [6, 6.07) is 4.46. The van der Waals surface area contributed by atoms with Crippen molar-refractivity contribution < 1.29 is 12.6 Å². The first-order valence-electron chi connectivity index (χ1n) is 4.20. The average Bonchev–Trinajstić information content (AvgIpc) is 2.10. The van der Waals surface area contributed by atoms with Crippen molar-refractivity contribution in [2.75, 3.05) is 5.70 Å². The normalized spacial score (nSPS) is 13.4. The molecule has 1 N–H and O–H groups in total. The number of aliphatic carboxylic acids is 1. The molecule has 13 heavy (non-hydrogen) atoms. The molecule has 1 aromatic carbocycles. The van der Waals surface area contributed by atoms with Crippen LogP contribution in [-0.2, 0) is 4.79 Å². The van der Waals surface area contributed by atoms with E-state index in [2.05, 4.69) is 0 Å². The quantitative estimate of drug-likeness (QED) is 0.823. The Morgan fingerprint density at radius 3 is 2.92 bits per heavy atom. The molecular weight excluding hydrogens is 231 g/mol. The zero-order chi connectivity index (χ0) is 11.6. The van der Waals surface area contributed by atoms with Gasteiger partial charge in [-0.3, -0.25) is 4.79 Å². The Hall–Kier alpha value is -0.380. The molecule has 0 aromatic heterocycles. The molecular formula is C8H6Cl2O2S. The van der Waals surface area contributed by atoms with E-state index in [4.69, 9.17) is 31.0 Å². The van der Waals surface area contributed by atoms with Gasteiger partial charge in [0.15, 0.2) is 0 Å². The molecule has 0 aliphatic carbocycles. The topological polar surface area (TPSA) is 37.3 Å². The Kier molecular flexibility index (Phi) is 2.91. The van der Waals surface area contributed by atoms with E-state index in [0.717, 1.165) is 0 Å². The maximum absolute atomic E-state index is 10.5. The largest absolute Gasteiger partial charge is 0.481 e. The second-order valence-electron chi connectivity index (χ2n) is 2.08. The third-order valence-electron chi connectivity index (χ3n) is 1.14. The minimum absolute atomic E-state index is 0.273. The van der Waals surface area contributed by atoms with Gasteiger partial charge >= 0.3 is 5.97 Å².